The van der Waals surface area contributed by atoms with Gasteiger partial charge in [0.1, 0.15) is 0 Å². The Hall–Kier alpha value is -2.09. The number of hydrogen-bond acceptors (Lipinski definition) is 2. The number of nitrogens with one attached hydrogen (secondary N) is 1. The second kappa shape index (κ2) is 4.83. The number of hydrogen-bond donors (Lipinski definition) is 1. The van der Waals surface area contributed by atoms with Crippen molar-refractivity contribution < 1.29 is 4.74 Å². The van der Waals surface area contributed by atoms with Crippen molar-refractivity contribution in [3.63, 3.8) is 0 Å². The Morgan fingerprint density at radius 1 is 1.00 bits per heavy atom. The van der Waals surface area contributed by atoms with Gasteiger partial charge < -0.3 is 4.74 Å². The molecule has 0 aromatic heterocycles. The summed E-state index contributed by atoms with van der Waals surface area (Å²) in [6, 6.07) is 16.2. The molecule has 86 valence electrons. The third-order valence-electron chi connectivity index (χ3n) is 2.71. The van der Waals surface area contributed by atoms with E-state index >= 15 is 0 Å². The van der Waals surface area contributed by atoms with Crippen LogP contribution in [0.2, 0.25) is 0 Å². The lowest BCUT2D eigenvalue weighted by Gasteiger charge is -2.06. The lowest BCUT2D eigenvalue weighted by atomic mass is 10.0. The smallest absolute Gasteiger partial charge is 0.212 e. The van der Waals surface area contributed by atoms with Crippen molar-refractivity contribution in [3.8, 4) is 11.1 Å². The van der Waals surface area contributed by atoms with E-state index in [0.29, 0.717) is 0 Å². The third kappa shape index (κ3) is 2.53. The highest BCUT2D eigenvalue weighted by molar-refractivity contribution is 5.92. The number of benzene rings is 2. The number of methoxy groups -OCH3 is 1. The van der Waals surface area contributed by atoms with Crippen LogP contribution in [0.4, 0.5) is 0 Å². The van der Waals surface area contributed by atoms with Crippen LogP contribution in [0.25, 0.3) is 11.1 Å². The minimum absolute atomic E-state index is 0.193. The van der Waals surface area contributed by atoms with Gasteiger partial charge in [0, 0.05) is 5.56 Å². The molecule has 0 amide bonds. The van der Waals surface area contributed by atoms with Gasteiger partial charge in [-0.25, -0.2) is 0 Å². The van der Waals surface area contributed by atoms with Gasteiger partial charge >= 0.3 is 0 Å². The van der Waals surface area contributed by atoms with Crippen LogP contribution in [0, 0.1) is 12.3 Å². The summed E-state index contributed by atoms with van der Waals surface area (Å²) < 4.78 is 4.93. The molecule has 2 aromatic carbocycles. The maximum absolute atomic E-state index is 7.65. The summed E-state index contributed by atoms with van der Waals surface area (Å²) in [4.78, 5) is 0. The Kier molecular flexibility index (Phi) is 3.24. The molecule has 0 bridgehead atoms. The summed E-state index contributed by atoms with van der Waals surface area (Å²) in [6.07, 6.45) is 0. The zero-order chi connectivity index (χ0) is 12.3. The Morgan fingerprint density at radius 3 is 2.35 bits per heavy atom. The van der Waals surface area contributed by atoms with Crippen LogP contribution < -0.4 is 0 Å². The van der Waals surface area contributed by atoms with Gasteiger partial charge in [0.2, 0.25) is 5.90 Å². The van der Waals surface area contributed by atoms with Gasteiger partial charge in [0.25, 0.3) is 0 Å². The second-order valence-electron chi connectivity index (χ2n) is 3.98. The van der Waals surface area contributed by atoms with Gasteiger partial charge in [-0.2, -0.15) is 0 Å². The standard InChI is InChI=1S/C15H15NO/c1-11-6-8-12(9-7-11)13-4-3-5-14(10-13)15(16)17-2/h3-10,16H,1-2H3. The zero-order valence-corrected chi connectivity index (χ0v) is 10.0. The molecular weight excluding hydrogens is 210 g/mol. The molecule has 0 unspecified atom stereocenters. The molecule has 0 saturated carbocycles. The molecule has 0 aliphatic rings. The van der Waals surface area contributed by atoms with Crippen molar-refractivity contribution in [2.24, 2.45) is 0 Å². The second-order valence-corrected chi connectivity index (χ2v) is 3.98. The Balaban J connectivity index is 2.39. The summed E-state index contributed by atoms with van der Waals surface area (Å²) in [5.74, 6) is 0.193. The topological polar surface area (TPSA) is 33.1 Å². The Morgan fingerprint density at radius 2 is 1.71 bits per heavy atom. The predicted molar refractivity (Wildman–Crippen MR) is 70.5 cm³/mol. The number of aryl methyl sites for hydroxylation is 1. The first-order valence-corrected chi connectivity index (χ1v) is 5.51. The van der Waals surface area contributed by atoms with Gasteiger partial charge in [0.05, 0.1) is 7.11 Å². The monoisotopic (exact) mass is 225 g/mol. The summed E-state index contributed by atoms with van der Waals surface area (Å²) in [6.45, 7) is 2.07. The first kappa shape index (κ1) is 11.4. The first-order chi connectivity index (χ1) is 8.20. The molecule has 17 heavy (non-hydrogen) atoms. The molecule has 0 aliphatic carbocycles. The number of ether oxygens (including phenoxy) is 1. The van der Waals surface area contributed by atoms with E-state index in [1.807, 2.05) is 24.3 Å². The fraction of sp³-hybridized carbons (Fsp3) is 0.133. The Labute approximate surface area is 101 Å². The van der Waals surface area contributed by atoms with E-state index in [2.05, 4.69) is 31.2 Å². The van der Waals surface area contributed by atoms with Crippen LogP contribution in [0.5, 0.6) is 0 Å². The highest BCUT2D eigenvalue weighted by Gasteiger charge is 2.03. The fourth-order valence-corrected chi connectivity index (χ4v) is 1.70. The maximum atomic E-state index is 7.65. The molecule has 0 atom stereocenters. The largest absolute Gasteiger partial charge is 0.481 e. The molecule has 2 heteroatoms. The van der Waals surface area contributed by atoms with E-state index in [9.17, 15) is 0 Å². The van der Waals surface area contributed by atoms with Crippen LogP contribution in [-0.4, -0.2) is 13.0 Å². The summed E-state index contributed by atoms with van der Waals surface area (Å²) in [5.41, 5.74) is 4.30. The van der Waals surface area contributed by atoms with Gasteiger partial charge in [0.15, 0.2) is 0 Å². The molecule has 0 spiro atoms. The summed E-state index contributed by atoms with van der Waals surface area (Å²) in [7, 11) is 1.51. The van der Waals surface area contributed by atoms with Gasteiger partial charge in [-0.05, 0) is 30.2 Å². The summed E-state index contributed by atoms with van der Waals surface area (Å²) in [5, 5.41) is 7.65. The molecule has 0 fully saturated rings. The molecule has 0 saturated heterocycles. The maximum Gasteiger partial charge on any atom is 0.212 e. The first-order valence-electron chi connectivity index (χ1n) is 5.51. The molecular formula is C15H15NO. The Bertz CT molecular complexity index is 529. The highest BCUT2D eigenvalue weighted by Crippen LogP contribution is 2.21. The quantitative estimate of drug-likeness (QED) is 0.614. The van der Waals surface area contributed by atoms with Crippen molar-refractivity contribution >= 4 is 5.90 Å². The van der Waals surface area contributed by atoms with Crippen LogP contribution in [0.15, 0.2) is 48.5 Å². The minimum Gasteiger partial charge on any atom is -0.481 e. The molecule has 0 radical (unpaired) electrons. The van der Waals surface area contributed by atoms with E-state index in [-0.39, 0.29) is 5.90 Å². The van der Waals surface area contributed by atoms with E-state index in [1.165, 1.54) is 12.7 Å². The highest BCUT2D eigenvalue weighted by atomic mass is 16.5. The van der Waals surface area contributed by atoms with Crippen molar-refractivity contribution in [1.82, 2.24) is 0 Å². The fourth-order valence-electron chi connectivity index (χ4n) is 1.70. The van der Waals surface area contributed by atoms with Gasteiger partial charge in [-0.1, -0.05) is 42.0 Å². The zero-order valence-electron chi connectivity index (χ0n) is 10.0. The normalized spacial score (nSPS) is 10.0. The van der Waals surface area contributed by atoms with Crippen LogP contribution in [0.3, 0.4) is 0 Å². The van der Waals surface area contributed by atoms with E-state index < -0.39 is 0 Å². The molecule has 2 aromatic rings. The third-order valence-corrected chi connectivity index (χ3v) is 2.71. The van der Waals surface area contributed by atoms with Gasteiger partial charge in [-0.15, -0.1) is 0 Å². The minimum atomic E-state index is 0.193. The SMILES string of the molecule is COC(=N)c1cccc(-c2ccc(C)cc2)c1. The molecule has 0 aliphatic heterocycles. The average Bonchev–Trinajstić information content (AvgIpc) is 2.39. The number of rotatable bonds is 2. The molecule has 2 nitrogen and oxygen atoms in total. The molecule has 2 rings (SSSR count). The van der Waals surface area contributed by atoms with Crippen molar-refractivity contribution in [1.29, 1.82) is 5.41 Å². The summed E-state index contributed by atoms with van der Waals surface area (Å²) >= 11 is 0. The van der Waals surface area contributed by atoms with Crippen molar-refractivity contribution in [3.05, 3.63) is 59.7 Å². The van der Waals surface area contributed by atoms with E-state index in [0.717, 1.165) is 16.7 Å². The van der Waals surface area contributed by atoms with Gasteiger partial charge in [-0.3, -0.25) is 5.41 Å². The molecule has 1 N–H and O–H groups in total. The van der Waals surface area contributed by atoms with E-state index in [4.69, 9.17) is 10.1 Å². The van der Waals surface area contributed by atoms with Crippen molar-refractivity contribution in [2.75, 3.05) is 7.11 Å². The lowest BCUT2D eigenvalue weighted by Crippen LogP contribution is -2.00. The van der Waals surface area contributed by atoms with Crippen LogP contribution in [0.1, 0.15) is 11.1 Å². The lowest BCUT2D eigenvalue weighted by molar-refractivity contribution is 0.401. The van der Waals surface area contributed by atoms with E-state index in [1.54, 1.807) is 0 Å². The predicted octanol–water partition coefficient (Wildman–Crippen LogP) is 3.63. The molecule has 0 heterocycles. The average molecular weight is 225 g/mol. The van der Waals surface area contributed by atoms with Crippen molar-refractivity contribution in [2.45, 2.75) is 6.92 Å². The van der Waals surface area contributed by atoms with Crippen LogP contribution in [-0.2, 0) is 4.74 Å². The van der Waals surface area contributed by atoms with Crippen LogP contribution >= 0.6 is 0 Å².